The minimum Gasteiger partial charge on any atom is -0.390 e. The molecule has 0 atom stereocenters. The lowest BCUT2D eigenvalue weighted by atomic mass is 9.86. The standard InChI is InChI=1S/C18H24N4O4S/c1-17(2)7-10-12(14(19)24)16(27-13(10)18(3,4)26-17)20-15(25)11-6-9(8-23)22(5)21-11/h6,23H,7-8H2,1-5H3,(H2,19,24)(H,20,25). The number of primary amides is 1. The van der Waals surface area contributed by atoms with E-state index in [4.69, 9.17) is 10.5 Å². The van der Waals surface area contributed by atoms with Gasteiger partial charge in [0, 0.05) is 18.3 Å². The van der Waals surface area contributed by atoms with Gasteiger partial charge in [-0.1, -0.05) is 0 Å². The quantitative estimate of drug-likeness (QED) is 0.734. The van der Waals surface area contributed by atoms with Crippen LogP contribution in [-0.2, 0) is 30.4 Å². The van der Waals surface area contributed by atoms with E-state index in [2.05, 4.69) is 10.4 Å². The number of aliphatic hydroxyl groups is 1. The molecule has 0 bridgehead atoms. The molecule has 0 radical (unpaired) electrons. The third kappa shape index (κ3) is 3.50. The summed E-state index contributed by atoms with van der Waals surface area (Å²) in [7, 11) is 1.64. The third-order valence-electron chi connectivity index (χ3n) is 4.53. The molecule has 0 saturated carbocycles. The molecule has 0 spiro atoms. The molecular weight excluding hydrogens is 368 g/mol. The molecule has 1 aliphatic heterocycles. The lowest BCUT2D eigenvalue weighted by Gasteiger charge is -2.41. The molecule has 0 aromatic carbocycles. The maximum Gasteiger partial charge on any atom is 0.276 e. The van der Waals surface area contributed by atoms with Gasteiger partial charge < -0.3 is 20.9 Å². The molecular formula is C18H24N4O4S. The minimum absolute atomic E-state index is 0.152. The van der Waals surface area contributed by atoms with Gasteiger partial charge in [0.15, 0.2) is 5.69 Å². The van der Waals surface area contributed by atoms with Gasteiger partial charge in [-0.2, -0.15) is 5.10 Å². The summed E-state index contributed by atoms with van der Waals surface area (Å²) < 4.78 is 7.59. The number of aryl methyl sites for hydroxylation is 1. The fourth-order valence-corrected chi connectivity index (χ4v) is 4.86. The zero-order chi connectivity index (χ0) is 20.1. The van der Waals surface area contributed by atoms with Crippen molar-refractivity contribution in [3.63, 3.8) is 0 Å². The number of rotatable bonds is 4. The molecule has 3 rings (SSSR count). The van der Waals surface area contributed by atoms with Gasteiger partial charge in [-0.05, 0) is 39.3 Å². The van der Waals surface area contributed by atoms with Gasteiger partial charge >= 0.3 is 0 Å². The Hall–Kier alpha value is -2.23. The molecule has 27 heavy (non-hydrogen) atoms. The molecule has 3 heterocycles. The number of carbonyl (C=O) groups is 2. The van der Waals surface area contributed by atoms with Crippen LogP contribution in [0.5, 0.6) is 0 Å². The molecule has 2 amide bonds. The van der Waals surface area contributed by atoms with Crippen molar-refractivity contribution >= 4 is 28.2 Å². The highest BCUT2D eigenvalue weighted by Gasteiger charge is 2.43. The number of fused-ring (bicyclic) bond motifs is 1. The zero-order valence-corrected chi connectivity index (χ0v) is 16.9. The van der Waals surface area contributed by atoms with Crippen molar-refractivity contribution in [2.45, 2.75) is 51.9 Å². The van der Waals surface area contributed by atoms with Crippen molar-refractivity contribution in [1.29, 1.82) is 0 Å². The number of ether oxygens (including phenoxy) is 1. The van der Waals surface area contributed by atoms with E-state index < -0.39 is 23.0 Å². The molecule has 8 nitrogen and oxygen atoms in total. The fourth-order valence-electron chi connectivity index (χ4n) is 3.60. The summed E-state index contributed by atoms with van der Waals surface area (Å²) in [6.45, 7) is 7.57. The van der Waals surface area contributed by atoms with Crippen LogP contribution >= 0.6 is 11.3 Å². The molecule has 2 aromatic heterocycles. The number of nitrogens with one attached hydrogen (secondary N) is 1. The van der Waals surface area contributed by atoms with Gasteiger partial charge in [-0.3, -0.25) is 14.3 Å². The van der Waals surface area contributed by atoms with E-state index >= 15 is 0 Å². The van der Waals surface area contributed by atoms with Crippen LogP contribution in [0.1, 0.15) is 64.7 Å². The van der Waals surface area contributed by atoms with E-state index in [1.54, 1.807) is 7.05 Å². The maximum absolute atomic E-state index is 12.6. The average molecular weight is 392 g/mol. The number of aromatic nitrogens is 2. The molecule has 4 N–H and O–H groups in total. The second kappa shape index (κ2) is 6.43. The molecule has 1 aliphatic rings. The van der Waals surface area contributed by atoms with Crippen molar-refractivity contribution < 1.29 is 19.4 Å². The maximum atomic E-state index is 12.6. The summed E-state index contributed by atoms with van der Waals surface area (Å²) in [5.74, 6) is -1.06. The van der Waals surface area contributed by atoms with Gasteiger partial charge in [0.05, 0.1) is 29.1 Å². The first-order valence-corrected chi connectivity index (χ1v) is 9.38. The molecule has 0 unspecified atom stereocenters. The lowest BCUT2D eigenvalue weighted by Crippen LogP contribution is -2.42. The highest BCUT2D eigenvalue weighted by molar-refractivity contribution is 7.17. The van der Waals surface area contributed by atoms with Crippen LogP contribution in [0, 0.1) is 0 Å². The van der Waals surface area contributed by atoms with Crippen molar-refractivity contribution in [2.24, 2.45) is 12.8 Å². The van der Waals surface area contributed by atoms with Crippen LogP contribution in [0.3, 0.4) is 0 Å². The number of thiophene rings is 1. The first kappa shape index (κ1) is 19.5. The zero-order valence-electron chi connectivity index (χ0n) is 16.0. The number of aliphatic hydroxyl groups excluding tert-OH is 1. The Kier molecular flexibility index (Phi) is 4.65. The van der Waals surface area contributed by atoms with Crippen molar-refractivity contribution in [3.8, 4) is 0 Å². The van der Waals surface area contributed by atoms with Crippen LogP contribution in [0.15, 0.2) is 6.07 Å². The van der Waals surface area contributed by atoms with E-state index in [-0.39, 0.29) is 12.3 Å². The number of hydrogen-bond acceptors (Lipinski definition) is 6. The molecule has 0 saturated heterocycles. The third-order valence-corrected chi connectivity index (χ3v) is 5.99. The number of hydrogen-bond donors (Lipinski definition) is 3. The predicted octanol–water partition coefficient (Wildman–Crippen LogP) is 1.91. The van der Waals surface area contributed by atoms with Crippen molar-refractivity contribution in [1.82, 2.24) is 9.78 Å². The summed E-state index contributed by atoms with van der Waals surface area (Å²) >= 11 is 1.30. The van der Waals surface area contributed by atoms with Gasteiger partial charge in [0.1, 0.15) is 5.00 Å². The van der Waals surface area contributed by atoms with E-state index in [1.807, 2.05) is 27.7 Å². The largest absolute Gasteiger partial charge is 0.390 e. The van der Waals surface area contributed by atoms with Crippen LogP contribution in [0.2, 0.25) is 0 Å². The smallest absolute Gasteiger partial charge is 0.276 e. The Morgan fingerprint density at radius 1 is 1.41 bits per heavy atom. The molecule has 2 aromatic rings. The Labute approximate surface area is 161 Å². The number of amides is 2. The SMILES string of the molecule is Cn1nc(C(=O)Nc2sc3c(c2C(N)=O)CC(C)(C)OC3(C)C)cc1CO. The average Bonchev–Trinajstić information content (AvgIpc) is 3.06. The lowest BCUT2D eigenvalue weighted by molar-refractivity contribution is -0.135. The minimum atomic E-state index is -0.607. The summed E-state index contributed by atoms with van der Waals surface area (Å²) in [6, 6.07) is 1.50. The van der Waals surface area contributed by atoms with Crippen molar-refractivity contribution in [3.05, 3.63) is 33.5 Å². The summed E-state index contributed by atoms with van der Waals surface area (Å²) in [5, 5.41) is 16.5. The monoisotopic (exact) mass is 392 g/mol. The molecule has 146 valence electrons. The van der Waals surface area contributed by atoms with Crippen molar-refractivity contribution in [2.75, 3.05) is 5.32 Å². The van der Waals surface area contributed by atoms with E-state index in [9.17, 15) is 14.7 Å². The van der Waals surface area contributed by atoms with Gasteiger partial charge in [0.2, 0.25) is 0 Å². The molecule has 0 fully saturated rings. The topological polar surface area (TPSA) is 119 Å². The highest BCUT2D eigenvalue weighted by atomic mass is 32.1. The van der Waals surface area contributed by atoms with Crippen LogP contribution in [-0.4, -0.2) is 32.3 Å². The van der Waals surface area contributed by atoms with E-state index in [1.165, 1.54) is 22.1 Å². The Morgan fingerprint density at radius 3 is 2.63 bits per heavy atom. The van der Waals surface area contributed by atoms with Crippen LogP contribution < -0.4 is 11.1 Å². The highest BCUT2D eigenvalue weighted by Crippen LogP contribution is 2.48. The summed E-state index contributed by atoms with van der Waals surface area (Å²) in [6.07, 6.45) is 0.522. The number of nitrogens with zero attached hydrogens (tertiary/aromatic N) is 2. The normalized spacial score (nSPS) is 17.4. The molecule has 0 aliphatic carbocycles. The predicted molar refractivity (Wildman–Crippen MR) is 102 cm³/mol. The number of carbonyl (C=O) groups excluding carboxylic acids is 2. The van der Waals surface area contributed by atoms with Gasteiger partial charge in [-0.15, -0.1) is 11.3 Å². The number of anilines is 1. The van der Waals surface area contributed by atoms with E-state index in [0.717, 1.165) is 10.4 Å². The molecule has 9 heteroatoms. The van der Waals surface area contributed by atoms with Gasteiger partial charge in [0.25, 0.3) is 11.8 Å². The Balaban J connectivity index is 2.03. The Morgan fingerprint density at radius 2 is 2.07 bits per heavy atom. The summed E-state index contributed by atoms with van der Waals surface area (Å²) in [4.78, 5) is 25.7. The number of nitrogens with two attached hydrogens (primary N) is 1. The van der Waals surface area contributed by atoms with Crippen LogP contribution in [0.25, 0.3) is 0 Å². The Bertz CT molecular complexity index is 926. The van der Waals surface area contributed by atoms with E-state index in [0.29, 0.717) is 22.7 Å². The van der Waals surface area contributed by atoms with Crippen LogP contribution in [0.4, 0.5) is 5.00 Å². The second-order valence-electron chi connectivity index (χ2n) is 7.78. The summed E-state index contributed by atoms with van der Waals surface area (Å²) in [5.41, 5.74) is 6.39. The second-order valence-corrected chi connectivity index (χ2v) is 8.80. The first-order valence-electron chi connectivity index (χ1n) is 8.56. The fraction of sp³-hybridized carbons (Fsp3) is 0.500. The van der Waals surface area contributed by atoms with Gasteiger partial charge in [-0.25, -0.2) is 0 Å². The first-order chi connectivity index (χ1) is 12.4.